The second kappa shape index (κ2) is 9.23. The Bertz CT molecular complexity index is 1660. The van der Waals surface area contributed by atoms with Crippen LogP contribution in [0.5, 0.6) is 0 Å². The lowest BCUT2D eigenvalue weighted by Crippen LogP contribution is -2.34. The van der Waals surface area contributed by atoms with Crippen LogP contribution in [0.4, 0.5) is 0 Å². The summed E-state index contributed by atoms with van der Waals surface area (Å²) in [5, 5.41) is 12.3. The number of para-hydroxylation sites is 2. The van der Waals surface area contributed by atoms with E-state index in [0.29, 0.717) is 17.6 Å². The van der Waals surface area contributed by atoms with Gasteiger partial charge in [0, 0.05) is 22.8 Å². The monoisotopic (exact) mass is 486 g/mol. The number of hydrogen-bond donors (Lipinski definition) is 1. The first-order chi connectivity index (χ1) is 18.1. The van der Waals surface area contributed by atoms with Gasteiger partial charge in [-0.25, -0.2) is 4.79 Å². The van der Waals surface area contributed by atoms with Gasteiger partial charge in [0.1, 0.15) is 16.8 Å². The third-order valence-corrected chi connectivity index (χ3v) is 7.11. The highest BCUT2D eigenvalue weighted by atomic mass is 16.5. The van der Waals surface area contributed by atoms with Gasteiger partial charge in [-0.1, -0.05) is 109 Å². The Morgan fingerprint density at radius 3 is 2.27 bits per heavy atom. The molecular formula is C33H26O4. The predicted molar refractivity (Wildman–Crippen MR) is 146 cm³/mol. The Labute approximate surface area is 215 Å². The molecule has 0 amide bonds. The van der Waals surface area contributed by atoms with Crippen molar-refractivity contribution in [2.45, 2.75) is 25.0 Å². The van der Waals surface area contributed by atoms with Gasteiger partial charge in [-0.05, 0) is 35.8 Å². The standard InChI is InChI=1S/C33H26O4/c1-22-21-33(20-19-25(22)23-11-4-2-5-12-23,37-30(32(34)35)24-13-6-3-7-14-24)28-17-10-16-27-26-15-8-9-18-29(26)36-31(27)28/h2-20,30H,21H2,1H3,(H,34,35). The van der Waals surface area contributed by atoms with Crippen LogP contribution in [0.3, 0.4) is 0 Å². The first-order valence-corrected chi connectivity index (χ1v) is 12.4. The highest BCUT2D eigenvalue weighted by Crippen LogP contribution is 2.47. The number of furan rings is 1. The Morgan fingerprint density at radius 1 is 0.865 bits per heavy atom. The number of rotatable bonds is 6. The van der Waals surface area contributed by atoms with Gasteiger partial charge in [-0.2, -0.15) is 0 Å². The number of allylic oxidation sites excluding steroid dienone is 2. The largest absolute Gasteiger partial charge is 0.479 e. The molecule has 6 rings (SSSR count). The number of benzene rings is 4. The fraction of sp³-hybridized carbons (Fsp3) is 0.121. The molecule has 5 aromatic rings. The molecule has 1 aromatic heterocycles. The molecule has 0 saturated carbocycles. The van der Waals surface area contributed by atoms with Crippen molar-refractivity contribution in [3.8, 4) is 0 Å². The van der Waals surface area contributed by atoms with Crippen LogP contribution in [-0.4, -0.2) is 11.1 Å². The molecule has 2 unspecified atom stereocenters. The average molecular weight is 487 g/mol. The molecule has 1 N–H and O–H groups in total. The van der Waals surface area contributed by atoms with E-state index in [1.807, 2.05) is 84.9 Å². The van der Waals surface area contributed by atoms with Crippen molar-refractivity contribution in [2.24, 2.45) is 0 Å². The van der Waals surface area contributed by atoms with Crippen molar-refractivity contribution in [3.63, 3.8) is 0 Å². The number of fused-ring (bicyclic) bond motifs is 3. The van der Waals surface area contributed by atoms with Crippen molar-refractivity contribution < 1.29 is 19.1 Å². The fourth-order valence-electron chi connectivity index (χ4n) is 5.38. The smallest absolute Gasteiger partial charge is 0.337 e. The van der Waals surface area contributed by atoms with E-state index < -0.39 is 17.7 Å². The van der Waals surface area contributed by atoms with Crippen LogP contribution in [-0.2, 0) is 15.1 Å². The first-order valence-electron chi connectivity index (χ1n) is 12.4. The molecule has 1 aliphatic rings. The topological polar surface area (TPSA) is 59.7 Å². The normalized spacial score (nSPS) is 18.4. The van der Waals surface area contributed by atoms with Gasteiger partial charge in [0.2, 0.25) is 0 Å². The molecule has 0 radical (unpaired) electrons. The van der Waals surface area contributed by atoms with Crippen molar-refractivity contribution in [3.05, 3.63) is 138 Å². The SMILES string of the molecule is CC1=C(c2ccccc2)C=CC(OC(C(=O)O)c2ccccc2)(c2cccc3c2oc2ccccc23)C1. The molecule has 37 heavy (non-hydrogen) atoms. The number of ether oxygens (including phenoxy) is 1. The van der Waals surface area contributed by atoms with Crippen LogP contribution in [0, 0.1) is 0 Å². The Morgan fingerprint density at radius 2 is 1.54 bits per heavy atom. The summed E-state index contributed by atoms with van der Waals surface area (Å²) in [4.78, 5) is 12.5. The zero-order valence-electron chi connectivity index (χ0n) is 20.4. The second-order valence-corrected chi connectivity index (χ2v) is 9.49. The molecule has 182 valence electrons. The first kappa shape index (κ1) is 23.0. The molecule has 0 fully saturated rings. The Hall–Kier alpha value is -4.41. The van der Waals surface area contributed by atoms with Crippen LogP contribution in [0.2, 0.25) is 0 Å². The number of carboxylic acid groups (broad SMARTS) is 1. The van der Waals surface area contributed by atoms with Crippen molar-refractivity contribution in [2.75, 3.05) is 0 Å². The van der Waals surface area contributed by atoms with Crippen LogP contribution in [0.15, 0.2) is 125 Å². The summed E-state index contributed by atoms with van der Waals surface area (Å²) < 4.78 is 13.1. The van der Waals surface area contributed by atoms with Crippen LogP contribution < -0.4 is 0 Å². The molecule has 0 spiro atoms. The quantitative estimate of drug-likeness (QED) is 0.264. The number of hydrogen-bond acceptors (Lipinski definition) is 3. The summed E-state index contributed by atoms with van der Waals surface area (Å²) in [6.45, 7) is 2.08. The Kier molecular flexibility index (Phi) is 5.74. The van der Waals surface area contributed by atoms with E-state index in [9.17, 15) is 9.90 Å². The molecule has 0 bridgehead atoms. The minimum Gasteiger partial charge on any atom is -0.479 e. The zero-order valence-corrected chi connectivity index (χ0v) is 20.4. The molecule has 1 aliphatic carbocycles. The van der Waals surface area contributed by atoms with Gasteiger partial charge in [-0.15, -0.1) is 0 Å². The number of carbonyl (C=O) groups is 1. The van der Waals surface area contributed by atoms with Gasteiger partial charge >= 0.3 is 5.97 Å². The van der Waals surface area contributed by atoms with E-state index >= 15 is 0 Å². The van der Waals surface area contributed by atoms with E-state index in [2.05, 4.69) is 25.1 Å². The van der Waals surface area contributed by atoms with E-state index in [-0.39, 0.29) is 0 Å². The van der Waals surface area contributed by atoms with Crippen LogP contribution in [0.25, 0.3) is 27.5 Å². The van der Waals surface area contributed by atoms with Gasteiger partial charge in [0.05, 0.1) is 0 Å². The van der Waals surface area contributed by atoms with Gasteiger partial charge in [0.15, 0.2) is 6.10 Å². The number of aliphatic carboxylic acids is 1. The second-order valence-electron chi connectivity index (χ2n) is 9.49. The van der Waals surface area contributed by atoms with Crippen molar-refractivity contribution in [1.82, 2.24) is 0 Å². The van der Waals surface area contributed by atoms with Crippen molar-refractivity contribution in [1.29, 1.82) is 0 Å². The predicted octanol–water partition coefficient (Wildman–Crippen LogP) is 8.06. The minimum absolute atomic E-state index is 0.487. The molecule has 0 aliphatic heterocycles. The third kappa shape index (κ3) is 4.05. The van der Waals surface area contributed by atoms with Crippen LogP contribution >= 0.6 is 0 Å². The van der Waals surface area contributed by atoms with Crippen molar-refractivity contribution >= 4 is 33.5 Å². The molecule has 4 heteroatoms. The Balaban J connectivity index is 1.55. The minimum atomic E-state index is -1.16. The van der Waals surface area contributed by atoms with Crippen LogP contribution in [0.1, 0.15) is 36.1 Å². The van der Waals surface area contributed by atoms with Gasteiger partial charge in [-0.3, -0.25) is 0 Å². The van der Waals surface area contributed by atoms with Gasteiger partial charge in [0.25, 0.3) is 0 Å². The highest BCUT2D eigenvalue weighted by Gasteiger charge is 2.41. The zero-order chi connectivity index (χ0) is 25.4. The maximum absolute atomic E-state index is 12.5. The molecule has 1 heterocycles. The summed E-state index contributed by atoms with van der Waals surface area (Å²) in [6, 6.07) is 33.3. The maximum atomic E-state index is 12.5. The lowest BCUT2D eigenvalue weighted by atomic mass is 9.79. The molecule has 4 aromatic carbocycles. The molecule has 0 saturated heterocycles. The highest BCUT2D eigenvalue weighted by molar-refractivity contribution is 6.06. The van der Waals surface area contributed by atoms with E-state index in [4.69, 9.17) is 9.15 Å². The van der Waals surface area contributed by atoms with E-state index in [0.717, 1.165) is 38.6 Å². The lowest BCUT2D eigenvalue weighted by molar-refractivity contribution is -0.162. The fourth-order valence-corrected chi connectivity index (χ4v) is 5.38. The molecule has 4 nitrogen and oxygen atoms in total. The molecular weight excluding hydrogens is 460 g/mol. The summed E-state index contributed by atoms with van der Waals surface area (Å²) in [5.41, 5.74) is 5.19. The number of carboxylic acids is 1. The summed E-state index contributed by atoms with van der Waals surface area (Å²) in [6.07, 6.45) is 3.39. The lowest BCUT2D eigenvalue weighted by Gasteiger charge is -2.37. The maximum Gasteiger partial charge on any atom is 0.337 e. The summed E-state index contributed by atoms with van der Waals surface area (Å²) >= 11 is 0. The summed E-state index contributed by atoms with van der Waals surface area (Å²) in [5.74, 6) is -1.04. The van der Waals surface area contributed by atoms with E-state index in [1.54, 1.807) is 12.1 Å². The molecule has 2 atom stereocenters. The third-order valence-electron chi connectivity index (χ3n) is 7.11. The van der Waals surface area contributed by atoms with Gasteiger partial charge < -0.3 is 14.3 Å². The average Bonchev–Trinajstić information content (AvgIpc) is 3.31. The van der Waals surface area contributed by atoms with E-state index in [1.165, 1.54) is 0 Å². The summed E-state index contributed by atoms with van der Waals surface area (Å²) in [7, 11) is 0.